The predicted octanol–water partition coefficient (Wildman–Crippen LogP) is 3.50. The summed E-state index contributed by atoms with van der Waals surface area (Å²) in [5.74, 6) is 1.12. The molecule has 0 N–H and O–H groups in total. The average molecular weight is 521 g/mol. The van der Waals surface area contributed by atoms with Crippen LogP contribution in [0.25, 0.3) is 0 Å². The molecule has 0 rings (SSSR count). The van der Waals surface area contributed by atoms with Gasteiger partial charge in [-0.1, -0.05) is 27.7 Å². The lowest BCUT2D eigenvalue weighted by Gasteiger charge is -2.09. The molecule has 0 bridgehead atoms. The van der Waals surface area contributed by atoms with Gasteiger partial charge in [0, 0.05) is 38.4 Å². The number of ketones is 2. The maximum Gasteiger partial charge on any atom is 0.135 e. The minimum absolute atomic E-state index is 0.101. The van der Waals surface area contributed by atoms with Crippen molar-refractivity contribution in [3.63, 3.8) is 0 Å². The van der Waals surface area contributed by atoms with Gasteiger partial charge in [0.05, 0.1) is 79.3 Å². The zero-order valence-electron chi connectivity index (χ0n) is 23.3. The zero-order valence-corrected chi connectivity index (χ0v) is 23.3. The highest BCUT2D eigenvalue weighted by molar-refractivity contribution is 5.80. The van der Waals surface area contributed by atoms with Crippen LogP contribution in [0.4, 0.5) is 0 Å². The Morgan fingerprint density at radius 1 is 0.472 bits per heavy atom. The average Bonchev–Trinajstić information content (AvgIpc) is 2.83. The molecule has 0 radical (unpaired) electrons. The van der Waals surface area contributed by atoms with Crippen molar-refractivity contribution >= 4 is 11.6 Å². The van der Waals surface area contributed by atoms with Crippen molar-refractivity contribution in [3.8, 4) is 0 Å². The van der Waals surface area contributed by atoms with E-state index in [9.17, 15) is 9.59 Å². The molecule has 0 spiro atoms. The van der Waals surface area contributed by atoms with E-state index < -0.39 is 0 Å². The number of hydrogen-bond acceptors (Lipinski definition) is 9. The molecule has 0 atom stereocenters. The highest BCUT2D eigenvalue weighted by atomic mass is 16.6. The van der Waals surface area contributed by atoms with Gasteiger partial charge in [-0.25, -0.2) is 0 Å². The fourth-order valence-corrected chi connectivity index (χ4v) is 2.99. The van der Waals surface area contributed by atoms with Crippen molar-refractivity contribution in [3.05, 3.63) is 0 Å². The maximum atomic E-state index is 11.6. The van der Waals surface area contributed by atoms with Gasteiger partial charge in [-0.15, -0.1) is 0 Å². The second-order valence-corrected chi connectivity index (χ2v) is 9.25. The number of ether oxygens (including phenoxy) is 7. The molecule has 0 amide bonds. The van der Waals surface area contributed by atoms with Crippen LogP contribution < -0.4 is 0 Å². The molecule has 0 unspecified atom stereocenters. The molecule has 214 valence electrons. The number of carbonyl (C=O) groups is 2. The molecule has 36 heavy (non-hydrogen) atoms. The van der Waals surface area contributed by atoms with Gasteiger partial charge >= 0.3 is 0 Å². The molecule has 0 fully saturated rings. The van der Waals surface area contributed by atoms with Crippen molar-refractivity contribution in [1.29, 1.82) is 0 Å². The Morgan fingerprint density at radius 3 is 1.08 bits per heavy atom. The lowest BCUT2D eigenvalue weighted by Crippen LogP contribution is -2.14. The van der Waals surface area contributed by atoms with Gasteiger partial charge in [0.25, 0.3) is 0 Å². The van der Waals surface area contributed by atoms with Crippen molar-refractivity contribution in [2.24, 2.45) is 11.8 Å². The topological polar surface area (TPSA) is 98.8 Å². The van der Waals surface area contributed by atoms with E-state index in [1.165, 1.54) is 0 Å². The van der Waals surface area contributed by atoms with Gasteiger partial charge in [0.2, 0.25) is 0 Å². The van der Waals surface area contributed by atoms with E-state index in [1.807, 2.05) is 13.8 Å². The van der Waals surface area contributed by atoms with Crippen molar-refractivity contribution in [1.82, 2.24) is 0 Å². The molecule has 0 aromatic heterocycles. The fraction of sp³-hybridized carbons (Fsp3) is 0.926. The number of hydrogen-bond donors (Lipinski definition) is 0. The highest BCUT2D eigenvalue weighted by Gasteiger charge is 2.06. The van der Waals surface area contributed by atoms with Crippen LogP contribution in [-0.2, 0) is 42.7 Å². The summed E-state index contributed by atoms with van der Waals surface area (Å²) in [5, 5.41) is 0. The van der Waals surface area contributed by atoms with Gasteiger partial charge in [-0.2, -0.15) is 0 Å². The Bertz CT molecular complexity index is 498. The van der Waals surface area contributed by atoms with Crippen LogP contribution in [-0.4, -0.2) is 104 Å². The number of carbonyl (C=O) groups excluding carboxylic acids is 2. The van der Waals surface area contributed by atoms with Crippen LogP contribution >= 0.6 is 0 Å². The molecular weight excluding hydrogens is 468 g/mol. The fourth-order valence-electron chi connectivity index (χ4n) is 2.99. The second-order valence-electron chi connectivity index (χ2n) is 9.25. The van der Waals surface area contributed by atoms with Gasteiger partial charge in [-0.3, -0.25) is 9.59 Å². The van der Waals surface area contributed by atoms with Crippen LogP contribution in [0.2, 0.25) is 0 Å². The van der Waals surface area contributed by atoms with Crippen LogP contribution in [0, 0.1) is 11.8 Å². The van der Waals surface area contributed by atoms with Crippen LogP contribution in [0.3, 0.4) is 0 Å². The zero-order chi connectivity index (χ0) is 26.7. The first-order valence-electron chi connectivity index (χ1n) is 13.5. The van der Waals surface area contributed by atoms with Gasteiger partial charge < -0.3 is 33.2 Å². The minimum Gasteiger partial charge on any atom is -0.379 e. The van der Waals surface area contributed by atoms with E-state index in [0.29, 0.717) is 123 Å². The van der Waals surface area contributed by atoms with Gasteiger partial charge in [-0.05, 0) is 18.8 Å². The summed E-state index contributed by atoms with van der Waals surface area (Å²) < 4.78 is 38.1. The largest absolute Gasteiger partial charge is 0.379 e. The van der Waals surface area contributed by atoms with Gasteiger partial charge in [0.1, 0.15) is 11.6 Å². The highest BCUT2D eigenvalue weighted by Crippen LogP contribution is 2.04. The molecule has 0 aliphatic heterocycles. The number of rotatable bonds is 29. The molecule has 0 saturated carbocycles. The van der Waals surface area contributed by atoms with Crippen LogP contribution in [0.15, 0.2) is 0 Å². The third kappa shape index (κ3) is 27.6. The summed E-state index contributed by atoms with van der Waals surface area (Å²) in [6, 6.07) is 0. The van der Waals surface area contributed by atoms with E-state index in [2.05, 4.69) is 13.8 Å². The Labute approximate surface area is 218 Å². The van der Waals surface area contributed by atoms with E-state index >= 15 is 0 Å². The third-order valence-corrected chi connectivity index (χ3v) is 4.97. The van der Waals surface area contributed by atoms with E-state index in [-0.39, 0.29) is 11.7 Å². The molecule has 9 nitrogen and oxygen atoms in total. The molecule has 0 saturated heterocycles. The Hall–Kier alpha value is -0.940. The van der Waals surface area contributed by atoms with E-state index in [0.717, 1.165) is 12.8 Å². The molecule has 0 aliphatic carbocycles. The summed E-state index contributed by atoms with van der Waals surface area (Å²) in [4.78, 5) is 23.1. The van der Waals surface area contributed by atoms with Gasteiger partial charge in [0.15, 0.2) is 0 Å². The quantitative estimate of drug-likeness (QED) is 0.137. The summed E-state index contributed by atoms with van der Waals surface area (Å²) in [7, 11) is 0. The summed E-state index contributed by atoms with van der Waals surface area (Å²) in [6.07, 6.45) is 3.36. The van der Waals surface area contributed by atoms with E-state index in [1.54, 1.807) is 0 Å². The third-order valence-electron chi connectivity index (χ3n) is 4.97. The molecule has 0 heterocycles. The molecular formula is C27H52O9. The molecule has 0 aromatic carbocycles. The lowest BCUT2D eigenvalue weighted by molar-refractivity contribution is -0.122. The van der Waals surface area contributed by atoms with Crippen molar-refractivity contribution < 1.29 is 42.7 Å². The van der Waals surface area contributed by atoms with Crippen LogP contribution in [0.5, 0.6) is 0 Å². The first kappa shape index (κ1) is 35.1. The summed E-state index contributed by atoms with van der Waals surface area (Å²) in [6.45, 7) is 15.3. The van der Waals surface area contributed by atoms with Crippen molar-refractivity contribution in [2.45, 2.75) is 59.8 Å². The van der Waals surface area contributed by atoms with E-state index in [4.69, 9.17) is 33.2 Å². The normalized spacial score (nSPS) is 11.6. The Kier molecular flexibility index (Phi) is 26.4. The van der Waals surface area contributed by atoms with Crippen molar-refractivity contribution in [2.75, 3.05) is 92.5 Å². The summed E-state index contributed by atoms with van der Waals surface area (Å²) in [5.41, 5.74) is 0. The Balaban J connectivity index is 3.11. The molecule has 9 heteroatoms. The number of Topliss-reactive ketones (excluding diaryl/α,β-unsaturated/α-hetero) is 2. The Morgan fingerprint density at radius 2 is 0.778 bits per heavy atom. The summed E-state index contributed by atoms with van der Waals surface area (Å²) >= 11 is 0. The molecule has 0 aromatic rings. The monoisotopic (exact) mass is 520 g/mol. The smallest absolute Gasteiger partial charge is 0.135 e. The first-order chi connectivity index (χ1) is 17.4. The minimum atomic E-state index is 0.101. The lowest BCUT2D eigenvalue weighted by atomic mass is 10.0. The second kappa shape index (κ2) is 27.1. The maximum absolute atomic E-state index is 11.6. The first-order valence-corrected chi connectivity index (χ1v) is 13.5. The standard InChI is InChI=1S/C27H52O9/c1-24(2)23-26(28)7-5-9-30-11-13-32-15-17-34-19-21-36-22-20-35-18-16-33-14-12-31-10-6-8-27(29)25(3)4/h24-25H,5-23H2,1-4H3. The predicted molar refractivity (Wildman–Crippen MR) is 139 cm³/mol. The van der Waals surface area contributed by atoms with Crippen LogP contribution in [0.1, 0.15) is 59.8 Å². The SMILES string of the molecule is CC(C)CC(=O)CCCOCCOCCOCCOCCOCCOCCOCCCC(=O)C(C)C. The molecule has 0 aliphatic rings.